The van der Waals surface area contributed by atoms with Gasteiger partial charge in [-0.25, -0.2) is 0 Å². The Morgan fingerprint density at radius 3 is 2.17 bits per heavy atom. The van der Waals surface area contributed by atoms with Crippen LogP contribution in [-0.4, -0.2) is 10.5 Å². The van der Waals surface area contributed by atoms with Gasteiger partial charge in [0.05, 0.1) is 5.56 Å². The first-order valence-electron chi connectivity index (χ1n) is 10.8. The van der Waals surface area contributed by atoms with Crippen molar-refractivity contribution in [1.29, 1.82) is 0 Å². The summed E-state index contributed by atoms with van der Waals surface area (Å²) < 4.78 is 2.41. The average Bonchev–Trinajstić information content (AvgIpc) is 3.52. The molecule has 29 heavy (non-hydrogen) atoms. The summed E-state index contributed by atoms with van der Waals surface area (Å²) in [5.74, 6) is -0.319. The minimum atomic E-state index is -0.319. The first-order valence-corrected chi connectivity index (χ1v) is 10.8. The molecule has 1 aliphatic carbocycles. The lowest BCUT2D eigenvalue weighted by atomic mass is 9.95. The van der Waals surface area contributed by atoms with Crippen molar-refractivity contribution in [2.45, 2.75) is 58.4 Å². The van der Waals surface area contributed by atoms with Crippen molar-refractivity contribution in [1.82, 2.24) is 4.57 Å². The Bertz CT molecular complexity index is 995. The molecule has 3 heteroatoms. The van der Waals surface area contributed by atoms with Crippen LogP contribution < -0.4 is 5.73 Å². The van der Waals surface area contributed by atoms with Gasteiger partial charge in [0.2, 0.25) is 0 Å². The van der Waals surface area contributed by atoms with Crippen LogP contribution in [0.5, 0.6) is 0 Å². The maximum Gasteiger partial charge on any atom is 0.251 e. The zero-order valence-corrected chi connectivity index (χ0v) is 17.4. The van der Waals surface area contributed by atoms with E-state index in [1.165, 1.54) is 42.5 Å². The molecule has 2 aromatic carbocycles. The molecule has 3 aromatic rings. The third kappa shape index (κ3) is 3.87. The van der Waals surface area contributed by atoms with E-state index in [1.807, 2.05) is 6.07 Å². The maximum atomic E-state index is 12.5. The van der Waals surface area contributed by atoms with Crippen molar-refractivity contribution < 1.29 is 4.79 Å². The third-order valence-corrected chi connectivity index (χ3v) is 6.01. The summed E-state index contributed by atoms with van der Waals surface area (Å²) in [6.45, 7) is 4.28. The van der Waals surface area contributed by atoms with Gasteiger partial charge in [-0.2, -0.15) is 0 Å². The fourth-order valence-corrected chi connectivity index (χ4v) is 4.46. The molecular weight excluding hydrogens is 356 g/mol. The molecule has 0 aliphatic heterocycles. The summed E-state index contributed by atoms with van der Waals surface area (Å²) in [5.41, 5.74) is 13.4. The van der Waals surface area contributed by atoms with Crippen LogP contribution >= 0.6 is 0 Å². The van der Waals surface area contributed by atoms with Gasteiger partial charge >= 0.3 is 0 Å². The third-order valence-electron chi connectivity index (χ3n) is 6.01. The Kier molecular flexibility index (Phi) is 5.57. The van der Waals surface area contributed by atoms with Gasteiger partial charge in [0, 0.05) is 23.0 Å². The second-order valence-corrected chi connectivity index (χ2v) is 8.15. The molecule has 1 aliphatic rings. The Balaban J connectivity index is 1.81. The highest BCUT2D eigenvalue weighted by atomic mass is 16.1. The van der Waals surface area contributed by atoms with E-state index in [0.29, 0.717) is 11.6 Å². The summed E-state index contributed by atoms with van der Waals surface area (Å²) in [6.07, 6.45) is 6.91. The van der Waals surface area contributed by atoms with E-state index < -0.39 is 0 Å². The topological polar surface area (TPSA) is 48.0 Å². The first kappa shape index (κ1) is 19.5. The maximum absolute atomic E-state index is 12.5. The van der Waals surface area contributed by atoms with Gasteiger partial charge in [-0.1, -0.05) is 74.4 Å². The quantitative estimate of drug-likeness (QED) is 0.454. The number of unbranched alkanes of at least 4 members (excludes halogenated alkanes) is 2. The summed E-state index contributed by atoms with van der Waals surface area (Å²) in [5, 5.41) is 0. The highest BCUT2D eigenvalue weighted by Crippen LogP contribution is 2.43. The highest BCUT2D eigenvalue weighted by molar-refractivity contribution is 6.02. The number of carbonyl (C=O) groups is 1. The second kappa shape index (κ2) is 8.28. The van der Waals surface area contributed by atoms with Crippen LogP contribution in [-0.2, 0) is 6.42 Å². The smallest absolute Gasteiger partial charge is 0.251 e. The van der Waals surface area contributed by atoms with Crippen molar-refractivity contribution in [3.63, 3.8) is 0 Å². The molecule has 4 rings (SSSR count). The fraction of sp³-hybridized carbons (Fsp3) is 0.346. The zero-order valence-electron chi connectivity index (χ0n) is 17.4. The minimum Gasteiger partial charge on any atom is -0.366 e. The van der Waals surface area contributed by atoms with Gasteiger partial charge in [-0.15, -0.1) is 0 Å². The zero-order chi connectivity index (χ0) is 20.4. The SMILES string of the molecule is CCCCCc1c(-c2ccc(-c3ccccc3)cc2)c(C(N)=O)c(C)n1C1CC1. The van der Waals surface area contributed by atoms with Crippen molar-refractivity contribution >= 4 is 5.91 Å². The Morgan fingerprint density at radius 2 is 1.59 bits per heavy atom. The normalized spacial score (nSPS) is 13.6. The first-order chi connectivity index (χ1) is 14.1. The lowest BCUT2D eigenvalue weighted by Crippen LogP contribution is -2.13. The van der Waals surface area contributed by atoms with Crippen LogP contribution in [0.3, 0.4) is 0 Å². The molecule has 1 amide bonds. The molecule has 0 spiro atoms. The van der Waals surface area contributed by atoms with Crippen LogP contribution in [0.1, 0.15) is 66.8 Å². The molecule has 2 N–H and O–H groups in total. The number of nitrogens with two attached hydrogens (primary N) is 1. The van der Waals surface area contributed by atoms with Gasteiger partial charge < -0.3 is 10.3 Å². The second-order valence-electron chi connectivity index (χ2n) is 8.15. The van der Waals surface area contributed by atoms with Crippen LogP contribution in [0.4, 0.5) is 0 Å². The Hall–Kier alpha value is -2.81. The van der Waals surface area contributed by atoms with Crippen molar-refractivity contribution in [2.75, 3.05) is 0 Å². The summed E-state index contributed by atoms with van der Waals surface area (Å²) in [6, 6.07) is 19.5. The lowest BCUT2D eigenvalue weighted by molar-refractivity contribution is 0.1000. The molecule has 3 nitrogen and oxygen atoms in total. The van der Waals surface area contributed by atoms with E-state index in [0.717, 1.165) is 29.7 Å². The predicted molar refractivity (Wildman–Crippen MR) is 120 cm³/mol. The van der Waals surface area contributed by atoms with Gasteiger partial charge in [-0.05, 0) is 49.3 Å². The Labute approximate surface area is 173 Å². The molecule has 0 atom stereocenters. The number of benzene rings is 2. The van der Waals surface area contributed by atoms with Crippen LogP contribution in [0.2, 0.25) is 0 Å². The van der Waals surface area contributed by atoms with Crippen LogP contribution in [0.25, 0.3) is 22.3 Å². The van der Waals surface area contributed by atoms with E-state index in [4.69, 9.17) is 5.73 Å². The molecular formula is C26H30N2O. The van der Waals surface area contributed by atoms with Crippen LogP contribution in [0.15, 0.2) is 54.6 Å². The monoisotopic (exact) mass is 386 g/mol. The summed E-state index contributed by atoms with van der Waals surface area (Å²) in [7, 11) is 0. The molecule has 1 heterocycles. The molecule has 1 aromatic heterocycles. The van der Waals surface area contributed by atoms with E-state index in [1.54, 1.807) is 0 Å². The minimum absolute atomic E-state index is 0.319. The van der Waals surface area contributed by atoms with E-state index in [-0.39, 0.29) is 5.91 Å². The highest BCUT2D eigenvalue weighted by Gasteiger charge is 2.32. The van der Waals surface area contributed by atoms with Gasteiger partial charge in [-0.3, -0.25) is 4.79 Å². The molecule has 1 fully saturated rings. The average molecular weight is 387 g/mol. The van der Waals surface area contributed by atoms with Gasteiger partial charge in [0.25, 0.3) is 5.91 Å². The molecule has 150 valence electrons. The summed E-state index contributed by atoms with van der Waals surface area (Å²) in [4.78, 5) is 12.5. The summed E-state index contributed by atoms with van der Waals surface area (Å²) >= 11 is 0. The standard InChI is InChI=1S/C26H30N2O/c1-3-4-6-11-23-25(24(26(27)29)18(2)28(23)22-16-17-22)21-14-12-20(13-15-21)19-9-7-5-8-10-19/h5,7-10,12-15,22H,3-4,6,11,16-17H2,1-2H3,(H2,27,29). The van der Waals surface area contributed by atoms with Crippen molar-refractivity contribution in [3.05, 3.63) is 71.5 Å². The largest absolute Gasteiger partial charge is 0.366 e. The number of carbonyl (C=O) groups excluding carboxylic acids is 1. The number of hydrogen-bond donors (Lipinski definition) is 1. The van der Waals surface area contributed by atoms with Crippen LogP contribution in [0, 0.1) is 6.92 Å². The number of nitrogens with zero attached hydrogens (tertiary/aromatic N) is 1. The molecule has 0 radical (unpaired) electrons. The lowest BCUT2D eigenvalue weighted by Gasteiger charge is -2.13. The van der Waals surface area contributed by atoms with Crippen molar-refractivity contribution in [3.8, 4) is 22.3 Å². The molecule has 0 unspecified atom stereocenters. The number of rotatable bonds is 8. The fourth-order valence-electron chi connectivity index (χ4n) is 4.46. The number of hydrogen-bond acceptors (Lipinski definition) is 1. The van der Waals surface area contributed by atoms with Crippen molar-refractivity contribution in [2.24, 2.45) is 5.73 Å². The van der Waals surface area contributed by atoms with E-state index >= 15 is 0 Å². The van der Waals surface area contributed by atoms with E-state index in [2.05, 4.69) is 66.9 Å². The van der Waals surface area contributed by atoms with Gasteiger partial charge in [0.1, 0.15) is 0 Å². The number of amides is 1. The number of aromatic nitrogens is 1. The predicted octanol–water partition coefficient (Wildman–Crippen LogP) is 6.30. The number of primary amides is 1. The van der Waals surface area contributed by atoms with Gasteiger partial charge in [0.15, 0.2) is 0 Å². The Morgan fingerprint density at radius 1 is 0.966 bits per heavy atom. The molecule has 0 bridgehead atoms. The molecule has 0 saturated heterocycles. The molecule has 1 saturated carbocycles. The van der Waals surface area contributed by atoms with E-state index in [9.17, 15) is 4.79 Å².